The van der Waals surface area contributed by atoms with Gasteiger partial charge in [0, 0.05) is 6.20 Å². The Kier molecular flexibility index (Phi) is 3.76. The van der Waals surface area contributed by atoms with E-state index in [0.29, 0.717) is 11.4 Å². The summed E-state index contributed by atoms with van der Waals surface area (Å²) in [6.07, 6.45) is -1.85. The molecule has 2 heterocycles. The number of nitrogens with two attached hydrogens (primary N) is 1. The van der Waals surface area contributed by atoms with E-state index < -0.39 is 6.36 Å². The molecule has 0 aliphatic rings. The van der Waals surface area contributed by atoms with Crippen molar-refractivity contribution in [3.63, 3.8) is 0 Å². The number of ketones is 1. The SMILES string of the molecule is Nc1c(C(=O)c2ccc[nH]2)cnn1-c1ccc(OC(F)(F)F)cc1. The number of benzene rings is 1. The van der Waals surface area contributed by atoms with Crippen LogP contribution in [0.4, 0.5) is 19.0 Å². The molecule has 124 valence electrons. The summed E-state index contributed by atoms with van der Waals surface area (Å²) >= 11 is 0. The molecule has 0 aliphatic carbocycles. The third-order valence-corrected chi connectivity index (χ3v) is 3.21. The van der Waals surface area contributed by atoms with Crippen LogP contribution in [0, 0.1) is 0 Å². The maximum atomic E-state index is 12.3. The highest BCUT2D eigenvalue weighted by Gasteiger charge is 2.31. The first-order valence-corrected chi connectivity index (χ1v) is 6.73. The van der Waals surface area contributed by atoms with Gasteiger partial charge >= 0.3 is 6.36 Å². The van der Waals surface area contributed by atoms with Gasteiger partial charge in [0.1, 0.15) is 11.6 Å². The summed E-state index contributed by atoms with van der Waals surface area (Å²) in [5.41, 5.74) is 6.88. The number of halogens is 3. The molecule has 0 atom stereocenters. The summed E-state index contributed by atoms with van der Waals surface area (Å²) < 4.78 is 41.5. The lowest BCUT2D eigenvalue weighted by molar-refractivity contribution is -0.274. The van der Waals surface area contributed by atoms with E-state index in [9.17, 15) is 18.0 Å². The summed E-state index contributed by atoms with van der Waals surface area (Å²) in [4.78, 5) is 15.0. The summed E-state index contributed by atoms with van der Waals surface area (Å²) in [6.45, 7) is 0. The zero-order valence-electron chi connectivity index (χ0n) is 12.0. The Morgan fingerprint density at radius 2 is 1.92 bits per heavy atom. The van der Waals surface area contributed by atoms with Gasteiger partial charge in [-0.1, -0.05) is 0 Å². The van der Waals surface area contributed by atoms with Gasteiger partial charge in [-0.15, -0.1) is 13.2 Å². The monoisotopic (exact) mass is 336 g/mol. The number of aromatic amines is 1. The number of carbonyl (C=O) groups excluding carboxylic acids is 1. The number of anilines is 1. The molecule has 3 rings (SSSR count). The first kappa shape index (κ1) is 15.7. The molecule has 0 aliphatic heterocycles. The fourth-order valence-corrected chi connectivity index (χ4v) is 2.14. The number of ether oxygens (including phenoxy) is 1. The lowest BCUT2D eigenvalue weighted by Crippen LogP contribution is -2.17. The first-order chi connectivity index (χ1) is 11.3. The number of aromatic nitrogens is 3. The van der Waals surface area contributed by atoms with Gasteiger partial charge in [0.05, 0.1) is 23.1 Å². The molecule has 0 spiro atoms. The van der Waals surface area contributed by atoms with Crippen molar-refractivity contribution in [1.29, 1.82) is 0 Å². The lowest BCUT2D eigenvalue weighted by atomic mass is 10.1. The largest absolute Gasteiger partial charge is 0.573 e. The Bertz CT molecular complexity index is 852. The van der Waals surface area contributed by atoms with Gasteiger partial charge in [-0.05, 0) is 36.4 Å². The number of carbonyl (C=O) groups is 1. The number of nitrogens with zero attached hydrogens (tertiary/aromatic N) is 2. The van der Waals surface area contributed by atoms with Crippen molar-refractivity contribution >= 4 is 11.6 Å². The first-order valence-electron chi connectivity index (χ1n) is 6.73. The van der Waals surface area contributed by atoms with E-state index in [1.54, 1.807) is 18.3 Å². The molecule has 0 radical (unpaired) electrons. The van der Waals surface area contributed by atoms with Gasteiger partial charge in [0.25, 0.3) is 0 Å². The quantitative estimate of drug-likeness (QED) is 0.717. The second-order valence-electron chi connectivity index (χ2n) is 4.81. The predicted molar refractivity (Wildman–Crippen MR) is 78.9 cm³/mol. The highest BCUT2D eigenvalue weighted by atomic mass is 19.4. The van der Waals surface area contributed by atoms with Crippen molar-refractivity contribution in [3.05, 3.63) is 60.0 Å². The molecule has 24 heavy (non-hydrogen) atoms. The van der Waals surface area contributed by atoms with Crippen LogP contribution < -0.4 is 10.5 Å². The van der Waals surface area contributed by atoms with Crippen LogP contribution in [0.15, 0.2) is 48.8 Å². The van der Waals surface area contributed by atoms with Crippen LogP contribution in [0.3, 0.4) is 0 Å². The zero-order chi connectivity index (χ0) is 17.3. The number of hydrogen-bond acceptors (Lipinski definition) is 4. The molecule has 6 nitrogen and oxygen atoms in total. The minimum absolute atomic E-state index is 0.0825. The number of alkyl halides is 3. The second-order valence-corrected chi connectivity index (χ2v) is 4.81. The molecule has 0 saturated heterocycles. The topological polar surface area (TPSA) is 85.9 Å². The third-order valence-electron chi connectivity index (χ3n) is 3.21. The van der Waals surface area contributed by atoms with Crippen molar-refractivity contribution in [3.8, 4) is 11.4 Å². The van der Waals surface area contributed by atoms with E-state index >= 15 is 0 Å². The average molecular weight is 336 g/mol. The summed E-state index contributed by atoms with van der Waals surface area (Å²) in [6, 6.07) is 8.25. The van der Waals surface area contributed by atoms with E-state index in [1.165, 1.54) is 23.0 Å². The van der Waals surface area contributed by atoms with Gasteiger partial charge in [-0.3, -0.25) is 4.79 Å². The number of rotatable bonds is 4. The Balaban J connectivity index is 1.87. The van der Waals surface area contributed by atoms with Crippen LogP contribution in [0.2, 0.25) is 0 Å². The van der Waals surface area contributed by atoms with Gasteiger partial charge < -0.3 is 15.5 Å². The highest BCUT2D eigenvalue weighted by Crippen LogP contribution is 2.25. The van der Waals surface area contributed by atoms with Crippen molar-refractivity contribution in [2.75, 3.05) is 5.73 Å². The van der Waals surface area contributed by atoms with Gasteiger partial charge in [0.15, 0.2) is 0 Å². The molecule has 0 bridgehead atoms. The molecule has 0 unspecified atom stereocenters. The van der Waals surface area contributed by atoms with Crippen LogP contribution in [0.5, 0.6) is 5.75 Å². The van der Waals surface area contributed by atoms with Crippen molar-refractivity contribution in [2.45, 2.75) is 6.36 Å². The van der Waals surface area contributed by atoms with E-state index in [-0.39, 0.29) is 22.9 Å². The molecule has 1 aromatic carbocycles. The Hall–Kier alpha value is -3.23. The number of nitrogens with one attached hydrogen (secondary N) is 1. The van der Waals surface area contributed by atoms with Crippen LogP contribution in [-0.2, 0) is 0 Å². The Labute approximate surface area is 133 Å². The van der Waals surface area contributed by atoms with Crippen LogP contribution in [0.25, 0.3) is 5.69 Å². The highest BCUT2D eigenvalue weighted by molar-refractivity contribution is 6.10. The molecule has 3 aromatic rings. The molecular formula is C15H11F3N4O2. The number of H-pyrrole nitrogens is 1. The fraction of sp³-hybridized carbons (Fsp3) is 0.0667. The van der Waals surface area contributed by atoms with Gasteiger partial charge in [0.2, 0.25) is 5.78 Å². The summed E-state index contributed by atoms with van der Waals surface area (Å²) in [5.74, 6) is -0.612. The maximum absolute atomic E-state index is 12.3. The average Bonchev–Trinajstić information content (AvgIpc) is 3.16. The van der Waals surface area contributed by atoms with E-state index in [4.69, 9.17) is 5.73 Å². The van der Waals surface area contributed by atoms with Crippen LogP contribution in [-0.4, -0.2) is 26.9 Å². The minimum atomic E-state index is -4.76. The Morgan fingerprint density at radius 3 is 2.50 bits per heavy atom. The second kappa shape index (κ2) is 5.76. The van der Waals surface area contributed by atoms with Crippen LogP contribution >= 0.6 is 0 Å². The summed E-state index contributed by atoms with van der Waals surface area (Å²) in [7, 11) is 0. The fourth-order valence-electron chi connectivity index (χ4n) is 2.14. The lowest BCUT2D eigenvalue weighted by Gasteiger charge is -2.10. The molecule has 9 heteroatoms. The molecule has 0 saturated carbocycles. The van der Waals surface area contributed by atoms with E-state index in [2.05, 4.69) is 14.8 Å². The molecular weight excluding hydrogens is 325 g/mol. The third kappa shape index (κ3) is 3.09. The molecule has 3 N–H and O–H groups in total. The molecule has 2 aromatic heterocycles. The van der Waals surface area contributed by atoms with Crippen molar-refractivity contribution < 1.29 is 22.7 Å². The van der Waals surface area contributed by atoms with E-state index in [1.807, 2.05) is 0 Å². The summed E-state index contributed by atoms with van der Waals surface area (Å²) in [5, 5.41) is 4.02. The molecule has 0 fully saturated rings. The van der Waals surface area contributed by atoms with Gasteiger partial charge in [-0.25, -0.2) is 4.68 Å². The van der Waals surface area contributed by atoms with Crippen molar-refractivity contribution in [1.82, 2.24) is 14.8 Å². The predicted octanol–water partition coefficient (Wildman–Crippen LogP) is 2.91. The Morgan fingerprint density at radius 1 is 1.21 bits per heavy atom. The van der Waals surface area contributed by atoms with Gasteiger partial charge in [-0.2, -0.15) is 5.10 Å². The maximum Gasteiger partial charge on any atom is 0.573 e. The minimum Gasteiger partial charge on any atom is -0.406 e. The zero-order valence-corrected chi connectivity index (χ0v) is 12.0. The van der Waals surface area contributed by atoms with Crippen LogP contribution in [0.1, 0.15) is 16.1 Å². The normalized spacial score (nSPS) is 11.5. The number of hydrogen-bond donors (Lipinski definition) is 2. The van der Waals surface area contributed by atoms with E-state index in [0.717, 1.165) is 12.1 Å². The standard InChI is InChI=1S/C15H11F3N4O2/c16-15(17,18)24-10-5-3-9(4-6-10)22-14(19)11(8-21-22)13(23)12-2-1-7-20-12/h1-8,20H,19H2. The van der Waals surface area contributed by atoms with Crippen molar-refractivity contribution in [2.24, 2.45) is 0 Å². The molecule has 0 amide bonds. The number of nitrogen functional groups attached to an aromatic ring is 1. The smallest absolute Gasteiger partial charge is 0.406 e.